The van der Waals surface area contributed by atoms with E-state index in [4.69, 9.17) is 5.11 Å². The lowest BCUT2D eigenvalue weighted by molar-refractivity contribution is 0.311. The molecule has 5 nitrogen and oxygen atoms in total. The van der Waals surface area contributed by atoms with Crippen molar-refractivity contribution in [1.82, 2.24) is 9.97 Å². The van der Waals surface area contributed by atoms with Gasteiger partial charge in [0.25, 0.3) is 0 Å². The summed E-state index contributed by atoms with van der Waals surface area (Å²) in [5.74, 6) is 1.46. The number of aliphatic hydroxyl groups is 1. The van der Waals surface area contributed by atoms with Crippen LogP contribution >= 0.6 is 0 Å². The first-order chi connectivity index (χ1) is 9.86. The van der Waals surface area contributed by atoms with Crippen LogP contribution in [0.4, 0.5) is 11.8 Å². The molecule has 0 unspecified atom stereocenters. The molecule has 0 saturated heterocycles. The lowest BCUT2D eigenvalue weighted by Crippen LogP contribution is -2.17. The van der Waals surface area contributed by atoms with Crippen molar-refractivity contribution in [2.24, 2.45) is 0 Å². The van der Waals surface area contributed by atoms with Crippen LogP contribution in [0.2, 0.25) is 0 Å². The number of hydrogen-bond donors (Lipinski definition) is 3. The second-order valence-corrected chi connectivity index (χ2v) is 5.19. The molecule has 1 saturated carbocycles. The fourth-order valence-electron chi connectivity index (χ4n) is 2.70. The van der Waals surface area contributed by atoms with Gasteiger partial charge in [0.05, 0.1) is 12.1 Å². The van der Waals surface area contributed by atoms with E-state index in [-0.39, 0.29) is 6.61 Å². The second-order valence-electron chi connectivity index (χ2n) is 5.19. The summed E-state index contributed by atoms with van der Waals surface area (Å²) >= 11 is 0. The van der Waals surface area contributed by atoms with Crippen molar-refractivity contribution < 1.29 is 5.11 Å². The first-order valence-corrected chi connectivity index (χ1v) is 7.25. The average Bonchev–Trinajstić information content (AvgIpc) is 2.98. The zero-order valence-electron chi connectivity index (χ0n) is 11.5. The van der Waals surface area contributed by atoms with E-state index in [1.807, 2.05) is 24.3 Å². The van der Waals surface area contributed by atoms with Gasteiger partial charge in [-0.15, -0.1) is 0 Å². The summed E-state index contributed by atoms with van der Waals surface area (Å²) in [6, 6.07) is 8.53. The maximum atomic E-state index is 8.91. The Bertz CT molecular complexity index is 581. The Morgan fingerprint density at radius 3 is 2.75 bits per heavy atom. The van der Waals surface area contributed by atoms with Gasteiger partial charge in [-0.3, -0.25) is 0 Å². The molecule has 3 N–H and O–H groups in total. The number of fused-ring (bicyclic) bond motifs is 1. The molecule has 0 radical (unpaired) electrons. The minimum Gasteiger partial charge on any atom is -0.395 e. The van der Waals surface area contributed by atoms with Crippen molar-refractivity contribution in [2.45, 2.75) is 31.7 Å². The summed E-state index contributed by atoms with van der Waals surface area (Å²) in [4.78, 5) is 9.03. The van der Waals surface area contributed by atoms with Gasteiger partial charge in [0.2, 0.25) is 5.95 Å². The Hall–Kier alpha value is -1.88. The third-order valence-corrected chi connectivity index (χ3v) is 3.69. The number of anilines is 2. The molecule has 1 aromatic heterocycles. The molecule has 1 aliphatic rings. The van der Waals surface area contributed by atoms with Crippen LogP contribution in [0.1, 0.15) is 25.7 Å². The smallest absolute Gasteiger partial charge is 0.225 e. The molecule has 1 aliphatic carbocycles. The quantitative estimate of drug-likeness (QED) is 0.779. The van der Waals surface area contributed by atoms with Gasteiger partial charge in [0.15, 0.2) is 0 Å². The zero-order valence-corrected chi connectivity index (χ0v) is 11.5. The molecule has 0 aliphatic heterocycles. The monoisotopic (exact) mass is 272 g/mol. The van der Waals surface area contributed by atoms with Crippen molar-refractivity contribution in [1.29, 1.82) is 0 Å². The van der Waals surface area contributed by atoms with E-state index >= 15 is 0 Å². The van der Waals surface area contributed by atoms with Gasteiger partial charge < -0.3 is 15.7 Å². The van der Waals surface area contributed by atoms with E-state index < -0.39 is 0 Å². The number of aliphatic hydroxyl groups excluding tert-OH is 1. The summed E-state index contributed by atoms with van der Waals surface area (Å²) in [7, 11) is 0. The highest BCUT2D eigenvalue weighted by atomic mass is 16.3. The maximum Gasteiger partial charge on any atom is 0.225 e. The topological polar surface area (TPSA) is 70.1 Å². The molecular formula is C15H20N4O. The summed E-state index contributed by atoms with van der Waals surface area (Å²) in [5, 5.41) is 16.5. The molecule has 0 amide bonds. The van der Waals surface area contributed by atoms with E-state index in [0.29, 0.717) is 18.5 Å². The van der Waals surface area contributed by atoms with E-state index in [9.17, 15) is 0 Å². The standard InChI is InChI=1S/C15H20N4O/c20-10-9-16-15-18-13-8-4-3-7-12(13)14(19-15)17-11-5-1-2-6-11/h3-4,7-8,11,20H,1-2,5-6,9-10H2,(H2,16,17,18,19). The molecule has 1 fully saturated rings. The van der Waals surface area contributed by atoms with E-state index in [1.165, 1.54) is 25.7 Å². The van der Waals surface area contributed by atoms with Gasteiger partial charge in [0, 0.05) is 18.0 Å². The lowest BCUT2D eigenvalue weighted by Gasteiger charge is -2.15. The highest BCUT2D eigenvalue weighted by molar-refractivity contribution is 5.90. The number of para-hydroxylation sites is 1. The summed E-state index contributed by atoms with van der Waals surface area (Å²) in [6.07, 6.45) is 4.99. The fraction of sp³-hybridized carbons (Fsp3) is 0.467. The number of aromatic nitrogens is 2. The van der Waals surface area contributed by atoms with Gasteiger partial charge in [-0.05, 0) is 25.0 Å². The Morgan fingerprint density at radius 1 is 1.15 bits per heavy atom. The number of nitrogens with zero attached hydrogens (tertiary/aromatic N) is 2. The third kappa shape index (κ3) is 2.82. The highest BCUT2D eigenvalue weighted by Crippen LogP contribution is 2.26. The molecule has 20 heavy (non-hydrogen) atoms. The van der Waals surface area contributed by atoms with Crippen molar-refractivity contribution in [3.8, 4) is 0 Å². The van der Waals surface area contributed by atoms with E-state index in [1.54, 1.807) is 0 Å². The molecular weight excluding hydrogens is 252 g/mol. The predicted octanol–water partition coefficient (Wildman–Crippen LogP) is 2.39. The fourth-order valence-corrected chi connectivity index (χ4v) is 2.70. The van der Waals surface area contributed by atoms with Gasteiger partial charge in [-0.1, -0.05) is 25.0 Å². The number of nitrogens with one attached hydrogen (secondary N) is 2. The van der Waals surface area contributed by atoms with Crippen molar-refractivity contribution in [3.63, 3.8) is 0 Å². The Kier molecular flexibility index (Phi) is 3.97. The van der Waals surface area contributed by atoms with Crippen LogP contribution in [-0.4, -0.2) is 34.3 Å². The second kappa shape index (κ2) is 6.05. The molecule has 0 atom stereocenters. The number of benzene rings is 1. The van der Waals surface area contributed by atoms with Gasteiger partial charge >= 0.3 is 0 Å². The predicted molar refractivity (Wildman–Crippen MR) is 81.0 cm³/mol. The molecule has 3 rings (SSSR count). The van der Waals surface area contributed by atoms with Crippen molar-refractivity contribution in [2.75, 3.05) is 23.8 Å². The minimum absolute atomic E-state index is 0.0710. The Balaban J connectivity index is 1.93. The summed E-state index contributed by atoms with van der Waals surface area (Å²) < 4.78 is 0. The van der Waals surface area contributed by atoms with Gasteiger partial charge in [-0.2, -0.15) is 4.98 Å². The molecule has 0 bridgehead atoms. The molecule has 1 heterocycles. The number of hydrogen-bond acceptors (Lipinski definition) is 5. The molecule has 5 heteroatoms. The first kappa shape index (κ1) is 13.1. The van der Waals surface area contributed by atoms with Gasteiger partial charge in [-0.25, -0.2) is 4.98 Å². The first-order valence-electron chi connectivity index (χ1n) is 7.25. The minimum atomic E-state index is 0.0710. The summed E-state index contributed by atoms with van der Waals surface area (Å²) in [5.41, 5.74) is 0.920. The molecule has 2 aromatic rings. The Labute approximate surface area is 118 Å². The normalized spacial score (nSPS) is 15.7. The van der Waals surface area contributed by atoms with Crippen molar-refractivity contribution >= 4 is 22.7 Å². The van der Waals surface area contributed by atoms with Crippen LogP contribution in [0.25, 0.3) is 10.9 Å². The molecule has 1 aromatic carbocycles. The molecule has 0 spiro atoms. The van der Waals surface area contributed by atoms with Crippen LogP contribution in [0.5, 0.6) is 0 Å². The van der Waals surface area contributed by atoms with Gasteiger partial charge in [0.1, 0.15) is 5.82 Å². The SMILES string of the molecule is OCCNc1nc(NC2CCCC2)c2ccccc2n1. The molecule has 106 valence electrons. The third-order valence-electron chi connectivity index (χ3n) is 3.69. The zero-order chi connectivity index (χ0) is 13.8. The summed E-state index contributed by atoms with van der Waals surface area (Å²) in [6.45, 7) is 0.531. The van der Waals surface area contributed by atoms with Crippen LogP contribution < -0.4 is 10.6 Å². The Morgan fingerprint density at radius 2 is 1.95 bits per heavy atom. The number of rotatable bonds is 5. The van der Waals surface area contributed by atoms with Crippen LogP contribution in [0, 0.1) is 0 Å². The van der Waals surface area contributed by atoms with Crippen LogP contribution in [-0.2, 0) is 0 Å². The highest BCUT2D eigenvalue weighted by Gasteiger charge is 2.17. The average molecular weight is 272 g/mol. The van der Waals surface area contributed by atoms with E-state index in [2.05, 4.69) is 20.6 Å². The lowest BCUT2D eigenvalue weighted by atomic mass is 10.2. The van der Waals surface area contributed by atoms with Crippen LogP contribution in [0.15, 0.2) is 24.3 Å². The maximum absolute atomic E-state index is 8.91. The largest absolute Gasteiger partial charge is 0.395 e. The van der Waals surface area contributed by atoms with E-state index in [0.717, 1.165) is 16.7 Å². The van der Waals surface area contributed by atoms with Crippen molar-refractivity contribution in [3.05, 3.63) is 24.3 Å². The van der Waals surface area contributed by atoms with Crippen LogP contribution in [0.3, 0.4) is 0 Å².